The summed E-state index contributed by atoms with van der Waals surface area (Å²) in [7, 11) is -2.48. The van der Waals surface area contributed by atoms with Crippen LogP contribution in [0, 0.1) is 6.92 Å². The van der Waals surface area contributed by atoms with E-state index in [0.717, 1.165) is 29.5 Å². The molecule has 0 aromatic heterocycles. The number of hydrogen-bond acceptors (Lipinski definition) is 7. The van der Waals surface area contributed by atoms with Crippen molar-refractivity contribution in [1.82, 2.24) is 5.32 Å². The molecule has 0 aliphatic carbocycles. The van der Waals surface area contributed by atoms with Gasteiger partial charge in [-0.1, -0.05) is 42.0 Å². The first-order valence-corrected chi connectivity index (χ1v) is 12.9. The number of benzene rings is 2. The number of unbranched alkanes of at least 4 members (excludes halogenated alkanes) is 1. The Morgan fingerprint density at radius 2 is 1.54 bits per heavy atom. The minimum atomic E-state index is -3.74. The largest absolute Gasteiger partial charge is 0.467 e. The van der Waals surface area contributed by atoms with E-state index < -0.39 is 33.8 Å². The Balaban J connectivity index is 1.82. The van der Waals surface area contributed by atoms with E-state index in [2.05, 4.69) is 5.32 Å². The van der Waals surface area contributed by atoms with Gasteiger partial charge in [-0.05, 0) is 70.2 Å². The molecular weight excluding hydrogens is 470 g/mol. The molecule has 0 saturated heterocycles. The number of carbonyl (C=O) groups is 2. The van der Waals surface area contributed by atoms with Gasteiger partial charge in [-0.2, -0.15) is 8.42 Å². The third-order valence-corrected chi connectivity index (χ3v) is 6.37. The molecule has 1 N–H and O–H groups in total. The van der Waals surface area contributed by atoms with Crippen molar-refractivity contribution in [1.29, 1.82) is 0 Å². The van der Waals surface area contributed by atoms with E-state index in [1.165, 1.54) is 7.11 Å². The third kappa shape index (κ3) is 10.1. The molecule has 0 aliphatic heterocycles. The molecule has 9 heteroatoms. The van der Waals surface area contributed by atoms with E-state index in [1.54, 1.807) is 45.0 Å². The molecule has 0 radical (unpaired) electrons. The summed E-state index contributed by atoms with van der Waals surface area (Å²) in [6.07, 6.45) is 1.68. The predicted octanol–water partition coefficient (Wildman–Crippen LogP) is 4.33. The van der Waals surface area contributed by atoms with Crippen LogP contribution in [0.15, 0.2) is 53.4 Å². The van der Waals surface area contributed by atoms with Gasteiger partial charge in [-0.15, -0.1) is 0 Å². The summed E-state index contributed by atoms with van der Waals surface area (Å²) in [6, 6.07) is 13.4. The van der Waals surface area contributed by atoms with Gasteiger partial charge in [0.2, 0.25) is 0 Å². The summed E-state index contributed by atoms with van der Waals surface area (Å²) < 4.78 is 39.6. The number of ether oxygens (including phenoxy) is 2. The minimum Gasteiger partial charge on any atom is -0.467 e. The average molecular weight is 506 g/mol. The summed E-state index contributed by atoms with van der Waals surface area (Å²) >= 11 is 0. The second kappa shape index (κ2) is 12.7. The van der Waals surface area contributed by atoms with Crippen LogP contribution in [0.5, 0.6) is 0 Å². The van der Waals surface area contributed by atoms with Gasteiger partial charge >= 0.3 is 12.1 Å². The lowest BCUT2D eigenvalue weighted by Crippen LogP contribution is -2.45. The molecule has 192 valence electrons. The number of alkyl carbamates (subject to hydrolysis) is 1. The number of nitrogens with one attached hydrogen (secondary N) is 1. The van der Waals surface area contributed by atoms with Crippen molar-refractivity contribution in [3.63, 3.8) is 0 Å². The summed E-state index contributed by atoms with van der Waals surface area (Å²) in [5.74, 6) is -0.555. The number of carbonyl (C=O) groups excluding carboxylic acids is 2. The third-order valence-electron chi connectivity index (χ3n) is 5.05. The van der Waals surface area contributed by atoms with Gasteiger partial charge in [0.15, 0.2) is 0 Å². The van der Waals surface area contributed by atoms with Crippen molar-refractivity contribution >= 4 is 22.2 Å². The lowest BCUT2D eigenvalue weighted by atomic mass is 10.0. The molecule has 1 unspecified atom stereocenters. The van der Waals surface area contributed by atoms with E-state index in [0.29, 0.717) is 6.42 Å². The number of aryl methyl sites for hydroxylation is 2. The van der Waals surface area contributed by atoms with E-state index in [4.69, 9.17) is 13.7 Å². The summed E-state index contributed by atoms with van der Waals surface area (Å²) in [5.41, 5.74) is 2.23. The van der Waals surface area contributed by atoms with Crippen molar-refractivity contribution in [3.05, 3.63) is 65.2 Å². The Bertz CT molecular complexity index is 1070. The standard InChI is InChI=1S/C26H35NO7S/c1-19-9-15-22(16-10-19)35(30,31)33-17-7-6-8-20-11-13-21(14-12-20)18-23(24(28)32-5)27-25(29)34-26(2,3)4/h9-16,23H,6-8,17-18H2,1-5H3,(H,27,29). The van der Waals surface area contributed by atoms with Crippen molar-refractivity contribution in [3.8, 4) is 0 Å². The highest BCUT2D eigenvalue weighted by atomic mass is 32.2. The van der Waals surface area contributed by atoms with Gasteiger partial charge in [0.1, 0.15) is 11.6 Å². The molecule has 2 aromatic carbocycles. The fourth-order valence-electron chi connectivity index (χ4n) is 3.24. The van der Waals surface area contributed by atoms with Crippen LogP contribution in [0.4, 0.5) is 4.79 Å². The minimum absolute atomic E-state index is 0.117. The van der Waals surface area contributed by atoms with E-state index >= 15 is 0 Å². The lowest BCUT2D eigenvalue weighted by molar-refractivity contribution is -0.143. The van der Waals surface area contributed by atoms with Gasteiger partial charge in [0.05, 0.1) is 18.6 Å². The molecule has 0 saturated carbocycles. The van der Waals surface area contributed by atoms with E-state index in [-0.39, 0.29) is 17.9 Å². The maximum atomic E-state index is 12.2. The smallest absolute Gasteiger partial charge is 0.408 e. The Morgan fingerprint density at radius 3 is 2.11 bits per heavy atom. The number of rotatable bonds is 11. The van der Waals surface area contributed by atoms with Gasteiger partial charge < -0.3 is 14.8 Å². The summed E-state index contributed by atoms with van der Waals surface area (Å²) in [5, 5.41) is 2.56. The zero-order valence-corrected chi connectivity index (χ0v) is 21.8. The highest BCUT2D eigenvalue weighted by molar-refractivity contribution is 7.86. The maximum Gasteiger partial charge on any atom is 0.408 e. The second-order valence-electron chi connectivity index (χ2n) is 9.29. The first-order chi connectivity index (χ1) is 16.4. The highest BCUT2D eigenvalue weighted by Crippen LogP contribution is 2.15. The van der Waals surface area contributed by atoms with Crippen LogP contribution in [-0.2, 0) is 41.4 Å². The van der Waals surface area contributed by atoms with Gasteiger partial charge in [0, 0.05) is 6.42 Å². The zero-order chi connectivity index (χ0) is 26.1. The average Bonchev–Trinajstić information content (AvgIpc) is 2.78. The van der Waals surface area contributed by atoms with Crippen molar-refractivity contribution in [2.24, 2.45) is 0 Å². The lowest BCUT2D eigenvalue weighted by Gasteiger charge is -2.22. The van der Waals surface area contributed by atoms with Crippen LogP contribution >= 0.6 is 0 Å². The van der Waals surface area contributed by atoms with Crippen LogP contribution in [0.1, 0.15) is 50.3 Å². The highest BCUT2D eigenvalue weighted by Gasteiger charge is 2.25. The molecule has 0 bridgehead atoms. The topological polar surface area (TPSA) is 108 Å². The van der Waals surface area contributed by atoms with Crippen LogP contribution in [0.3, 0.4) is 0 Å². The SMILES string of the molecule is COC(=O)C(Cc1ccc(CCCCOS(=O)(=O)c2ccc(C)cc2)cc1)NC(=O)OC(C)(C)C. The molecule has 35 heavy (non-hydrogen) atoms. The Morgan fingerprint density at radius 1 is 0.943 bits per heavy atom. The monoisotopic (exact) mass is 505 g/mol. The van der Waals surface area contributed by atoms with Crippen LogP contribution in [-0.4, -0.2) is 45.8 Å². The molecule has 8 nitrogen and oxygen atoms in total. The zero-order valence-electron chi connectivity index (χ0n) is 21.0. The molecule has 2 aromatic rings. The summed E-state index contributed by atoms with van der Waals surface area (Å²) in [4.78, 5) is 24.3. The van der Waals surface area contributed by atoms with Crippen molar-refractivity contribution < 1.29 is 31.7 Å². The van der Waals surface area contributed by atoms with Gasteiger partial charge in [-0.25, -0.2) is 9.59 Å². The van der Waals surface area contributed by atoms with Gasteiger partial charge in [0.25, 0.3) is 10.1 Å². The fourth-order valence-corrected chi connectivity index (χ4v) is 4.18. The first-order valence-electron chi connectivity index (χ1n) is 11.5. The molecule has 0 spiro atoms. The normalized spacial score (nSPS) is 12.6. The van der Waals surface area contributed by atoms with Crippen molar-refractivity contribution in [2.75, 3.05) is 13.7 Å². The molecule has 0 fully saturated rings. The Kier molecular flexibility index (Phi) is 10.3. The molecule has 2 rings (SSSR count). The molecule has 0 aliphatic rings. The number of hydrogen-bond donors (Lipinski definition) is 1. The van der Waals surface area contributed by atoms with Crippen LogP contribution in [0.2, 0.25) is 0 Å². The summed E-state index contributed by atoms with van der Waals surface area (Å²) in [6.45, 7) is 7.24. The fraction of sp³-hybridized carbons (Fsp3) is 0.462. The molecular formula is C26H35NO7S. The van der Waals surface area contributed by atoms with Crippen molar-refractivity contribution in [2.45, 2.75) is 69.9 Å². The van der Waals surface area contributed by atoms with E-state index in [9.17, 15) is 18.0 Å². The van der Waals surface area contributed by atoms with Crippen LogP contribution in [0.25, 0.3) is 0 Å². The van der Waals surface area contributed by atoms with Crippen LogP contribution < -0.4 is 5.32 Å². The quantitative estimate of drug-likeness (QED) is 0.275. The molecule has 1 atom stereocenters. The second-order valence-corrected chi connectivity index (χ2v) is 10.9. The first kappa shape index (κ1) is 28.3. The number of methoxy groups -OCH3 is 1. The molecule has 1 amide bonds. The predicted molar refractivity (Wildman–Crippen MR) is 133 cm³/mol. The Hall–Kier alpha value is -2.91. The number of esters is 1. The molecule has 0 heterocycles. The van der Waals surface area contributed by atoms with E-state index in [1.807, 2.05) is 31.2 Å². The Labute approximate surface area is 208 Å². The maximum absolute atomic E-state index is 12.2. The van der Waals surface area contributed by atoms with Gasteiger partial charge in [-0.3, -0.25) is 4.18 Å². The number of amides is 1.